The largest absolute Gasteiger partial charge is 0.486 e. The first-order chi connectivity index (χ1) is 16.5. The number of H-pyrrole nitrogens is 1. The van der Waals surface area contributed by atoms with Gasteiger partial charge in [0.1, 0.15) is 23.4 Å². The summed E-state index contributed by atoms with van der Waals surface area (Å²) < 4.78 is 6.19. The molecule has 2 N–H and O–H groups in total. The van der Waals surface area contributed by atoms with Crippen LogP contribution in [0.2, 0.25) is 10.0 Å². The van der Waals surface area contributed by atoms with Crippen molar-refractivity contribution >= 4 is 39.9 Å². The van der Waals surface area contributed by atoms with E-state index < -0.39 is 0 Å². The van der Waals surface area contributed by atoms with Crippen molar-refractivity contribution in [2.45, 2.75) is 31.4 Å². The molecule has 1 saturated heterocycles. The summed E-state index contributed by atoms with van der Waals surface area (Å²) >= 11 is 12.6. The summed E-state index contributed by atoms with van der Waals surface area (Å²) in [6.45, 7) is 4.92. The molecule has 1 spiro atoms. The third-order valence-electron chi connectivity index (χ3n) is 6.72. The highest BCUT2D eigenvalue weighted by molar-refractivity contribution is 6.35. The Morgan fingerprint density at radius 1 is 1.09 bits per heavy atom. The lowest BCUT2D eigenvalue weighted by Crippen LogP contribution is -2.52. The van der Waals surface area contributed by atoms with Gasteiger partial charge in [0.05, 0.1) is 15.6 Å². The number of hydrogen-bond donors (Lipinski definition) is 2. The van der Waals surface area contributed by atoms with E-state index in [-0.39, 0.29) is 6.10 Å². The van der Waals surface area contributed by atoms with Crippen LogP contribution in [0.1, 0.15) is 31.4 Å². The van der Waals surface area contributed by atoms with Crippen LogP contribution in [0.3, 0.4) is 0 Å². The predicted molar refractivity (Wildman–Crippen MR) is 135 cm³/mol. The molecular weight excluding hydrogens is 471 g/mol. The highest BCUT2D eigenvalue weighted by Gasteiger charge is 2.45. The molecule has 0 radical (unpaired) electrons. The van der Waals surface area contributed by atoms with Gasteiger partial charge in [-0.15, -0.1) is 0 Å². The Bertz CT molecular complexity index is 1330. The zero-order chi connectivity index (χ0) is 23.3. The Balaban J connectivity index is 1.25. The number of nitrogens with zero attached hydrogens (tertiary/aromatic N) is 4. The molecule has 3 aromatic heterocycles. The molecular formula is C25H24Cl2N6O. The minimum Gasteiger partial charge on any atom is -0.486 e. The second-order valence-electron chi connectivity index (χ2n) is 9.09. The second kappa shape index (κ2) is 8.41. The Morgan fingerprint density at radius 3 is 2.65 bits per heavy atom. The van der Waals surface area contributed by atoms with Crippen molar-refractivity contribution in [1.29, 1.82) is 0 Å². The maximum Gasteiger partial charge on any atom is 0.128 e. The van der Waals surface area contributed by atoms with E-state index in [1.807, 2.05) is 31.3 Å². The number of pyridine rings is 2. The number of hydrogen-bond acceptors (Lipinski definition) is 6. The first kappa shape index (κ1) is 21.6. The standard InChI is InChI=1S/C25H24Cl2N6O/c1-15(23-19(26)12-28-13-20(23)27)34-17-3-4-21-18(10-17)24(32-31-21)16-2-5-22(29-11-16)33-9-8-30-25(14-33)6-7-25/h2-5,10-13,15,30H,6-9,14H2,1H3,(H,31,32)/t15-/m1/s1. The van der Waals surface area contributed by atoms with E-state index in [4.69, 9.17) is 32.9 Å². The number of piperazine rings is 1. The maximum absolute atomic E-state index is 6.31. The van der Waals surface area contributed by atoms with Crippen LogP contribution in [0.15, 0.2) is 48.9 Å². The SMILES string of the molecule is C[C@@H](Oc1ccc2[nH]nc(-c3ccc(N4CCNC5(CC5)C4)nc3)c2c1)c1c(Cl)cncc1Cl. The Labute approximate surface area is 207 Å². The van der Waals surface area contributed by atoms with Crippen molar-refractivity contribution in [2.75, 3.05) is 24.5 Å². The summed E-state index contributed by atoms with van der Waals surface area (Å²) in [6, 6.07) is 10.0. The van der Waals surface area contributed by atoms with Gasteiger partial charge < -0.3 is 15.0 Å². The summed E-state index contributed by atoms with van der Waals surface area (Å²) in [6.07, 6.45) is 7.21. The molecule has 2 aliphatic rings. The van der Waals surface area contributed by atoms with Gasteiger partial charge in [0.2, 0.25) is 0 Å². The zero-order valence-corrected chi connectivity index (χ0v) is 20.2. The van der Waals surface area contributed by atoms with Crippen LogP contribution >= 0.6 is 23.2 Å². The van der Waals surface area contributed by atoms with Crippen LogP contribution < -0.4 is 15.0 Å². The third-order valence-corrected chi connectivity index (χ3v) is 7.32. The quantitative estimate of drug-likeness (QED) is 0.386. The highest BCUT2D eigenvalue weighted by atomic mass is 35.5. The Hall–Kier alpha value is -2.87. The molecule has 1 aromatic carbocycles. The van der Waals surface area contributed by atoms with Crippen molar-refractivity contribution < 1.29 is 4.74 Å². The van der Waals surface area contributed by atoms with Crippen molar-refractivity contribution in [1.82, 2.24) is 25.5 Å². The number of nitrogens with one attached hydrogen (secondary N) is 2. The molecule has 0 amide bonds. The minimum atomic E-state index is -0.342. The zero-order valence-electron chi connectivity index (χ0n) is 18.7. The lowest BCUT2D eigenvalue weighted by molar-refractivity contribution is 0.227. The smallest absolute Gasteiger partial charge is 0.128 e. The highest BCUT2D eigenvalue weighted by Crippen LogP contribution is 2.39. The van der Waals surface area contributed by atoms with Crippen LogP contribution in [-0.2, 0) is 0 Å². The van der Waals surface area contributed by atoms with Gasteiger partial charge >= 0.3 is 0 Å². The first-order valence-electron chi connectivity index (χ1n) is 11.4. The number of anilines is 1. The van der Waals surface area contributed by atoms with E-state index in [0.29, 0.717) is 26.9 Å². The molecule has 2 fully saturated rings. The van der Waals surface area contributed by atoms with Crippen LogP contribution in [0.4, 0.5) is 5.82 Å². The molecule has 34 heavy (non-hydrogen) atoms. The summed E-state index contributed by atoms with van der Waals surface area (Å²) in [4.78, 5) is 11.2. The average molecular weight is 495 g/mol. The normalized spacial score (nSPS) is 17.8. The number of aromatic amines is 1. The Morgan fingerprint density at radius 2 is 1.91 bits per heavy atom. The third kappa shape index (κ3) is 3.98. The lowest BCUT2D eigenvalue weighted by atomic mass is 10.1. The van der Waals surface area contributed by atoms with Crippen LogP contribution in [-0.4, -0.2) is 45.3 Å². The number of ether oxygens (including phenoxy) is 1. The van der Waals surface area contributed by atoms with Gasteiger partial charge in [0.25, 0.3) is 0 Å². The molecule has 7 nitrogen and oxygen atoms in total. The van der Waals surface area contributed by atoms with E-state index in [2.05, 4.69) is 37.5 Å². The minimum absolute atomic E-state index is 0.315. The fourth-order valence-electron chi connectivity index (χ4n) is 4.71. The molecule has 1 atom stereocenters. The molecule has 6 rings (SSSR count). The molecule has 0 bridgehead atoms. The van der Waals surface area contributed by atoms with Crippen LogP contribution in [0, 0.1) is 0 Å². The van der Waals surface area contributed by atoms with E-state index >= 15 is 0 Å². The molecule has 174 valence electrons. The van der Waals surface area contributed by atoms with Crippen molar-refractivity contribution in [3.63, 3.8) is 0 Å². The molecule has 4 heterocycles. The van der Waals surface area contributed by atoms with E-state index in [1.165, 1.54) is 12.8 Å². The van der Waals surface area contributed by atoms with Gasteiger partial charge in [-0.3, -0.25) is 10.1 Å². The molecule has 1 saturated carbocycles. The van der Waals surface area contributed by atoms with Crippen LogP contribution in [0.25, 0.3) is 22.2 Å². The van der Waals surface area contributed by atoms with Gasteiger partial charge in [0.15, 0.2) is 0 Å². The van der Waals surface area contributed by atoms with Crippen molar-refractivity contribution in [3.05, 3.63) is 64.5 Å². The first-order valence-corrected chi connectivity index (χ1v) is 12.2. The molecule has 9 heteroatoms. The summed E-state index contributed by atoms with van der Waals surface area (Å²) in [5.41, 5.74) is 3.75. The van der Waals surface area contributed by atoms with Crippen LogP contribution in [0.5, 0.6) is 5.75 Å². The van der Waals surface area contributed by atoms with Gasteiger partial charge in [-0.1, -0.05) is 23.2 Å². The van der Waals surface area contributed by atoms with Crippen molar-refractivity contribution in [2.24, 2.45) is 0 Å². The second-order valence-corrected chi connectivity index (χ2v) is 9.90. The molecule has 0 unspecified atom stereocenters. The fraction of sp³-hybridized carbons (Fsp3) is 0.320. The van der Waals surface area contributed by atoms with Gasteiger partial charge in [-0.25, -0.2) is 4.98 Å². The van der Waals surface area contributed by atoms with Crippen molar-refractivity contribution in [3.8, 4) is 17.0 Å². The van der Waals surface area contributed by atoms with E-state index in [0.717, 1.165) is 47.6 Å². The summed E-state index contributed by atoms with van der Waals surface area (Å²) in [7, 11) is 0. The number of fused-ring (bicyclic) bond motifs is 1. The lowest BCUT2D eigenvalue weighted by Gasteiger charge is -2.34. The fourth-order valence-corrected chi connectivity index (χ4v) is 5.38. The summed E-state index contributed by atoms with van der Waals surface area (Å²) in [5.74, 6) is 1.71. The van der Waals surface area contributed by atoms with Gasteiger partial charge in [-0.2, -0.15) is 5.10 Å². The predicted octanol–water partition coefficient (Wildman–Crippen LogP) is 5.41. The number of halogens is 2. The average Bonchev–Trinajstić information content (AvgIpc) is 3.44. The molecule has 4 aromatic rings. The molecule has 1 aliphatic carbocycles. The monoisotopic (exact) mass is 494 g/mol. The number of benzene rings is 1. The topological polar surface area (TPSA) is 79.0 Å². The van der Waals surface area contributed by atoms with Gasteiger partial charge in [-0.05, 0) is 50.1 Å². The molecule has 1 aliphatic heterocycles. The number of aromatic nitrogens is 4. The Kier molecular flexibility index (Phi) is 5.36. The van der Waals surface area contributed by atoms with E-state index in [9.17, 15) is 0 Å². The number of rotatable bonds is 5. The summed E-state index contributed by atoms with van der Waals surface area (Å²) in [5, 5.41) is 13.2. The van der Waals surface area contributed by atoms with Gasteiger partial charge in [0, 0.05) is 60.3 Å². The van der Waals surface area contributed by atoms with E-state index in [1.54, 1.807) is 12.4 Å². The maximum atomic E-state index is 6.31.